The van der Waals surface area contributed by atoms with Gasteiger partial charge in [-0.1, -0.05) is 41.5 Å². The van der Waals surface area contributed by atoms with Crippen molar-refractivity contribution in [3.8, 4) is 11.6 Å². The van der Waals surface area contributed by atoms with E-state index in [1.165, 1.54) is 0 Å². The summed E-state index contributed by atoms with van der Waals surface area (Å²) in [5.74, 6) is 1.42. The van der Waals surface area contributed by atoms with Crippen LogP contribution in [-0.4, -0.2) is 31.3 Å². The van der Waals surface area contributed by atoms with Crippen LogP contribution in [0.25, 0.3) is 0 Å². The minimum atomic E-state index is 0.147. The molecular weight excluding hydrogens is 264 g/mol. The van der Waals surface area contributed by atoms with Crippen LogP contribution in [-0.2, 0) is 0 Å². The minimum absolute atomic E-state index is 0.147. The first kappa shape index (κ1) is 17.8. The van der Waals surface area contributed by atoms with E-state index in [-0.39, 0.29) is 5.41 Å². The molecule has 1 rings (SSSR count). The number of nitrogens with one attached hydrogen (secondary N) is 1. The monoisotopic (exact) mass is 294 g/mol. The van der Waals surface area contributed by atoms with E-state index in [0.29, 0.717) is 24.5 Å². The molecule has 21 heavy (non-hydrogen) atoms. The van der Waals surface area contributed by atoms with E-state index in [4.69, 9.17) is 9.47 Å². The Hall–Kier alpha value is -1.29. The summed E-state index contributed by atoms with van der Waals surface area (Å²) >= 11 is 0. The maximum absolute atomic E-state index is 5.68. The van der Waals surface area contributed by atoms with Gasteiger partial charge in [0.25, 0.3) is 0 Å². The fourth-order valence-corrected chi connectivity index (χ4v) is 1.53. The topological polar surface area (TPSA) is 43.4 Å². The lowest BCUT2D eigenvalue weighted by Crippen LogP contribution is -2.30. The molecule has 1 aromatic rings. The van der Waals surface area contributed by atoms with Crippen molar-refractivity contribution in [3.05, 3.63) is 18.3 Å². The van der Waals surface area contributed by atoms with E-state index in [2.05, 4.69) is 51.8 Å². The molecule has 4 heteroatoms. The Morgan fingerprint density at radius 3 is 2.24 bits per heavy atom. The third-order valence-electron chi connectivity index (χ3n) is 2.57. The predicted molar refractivity (Wildman–Crippen MR) is 87.0 cm³/mol. The number of ether oxygens (including phenoxy) is 2. The van der Waals surface area contributed by atoms with Gasteiger partial charge in [0.15, 0.2) is 0 Å². The molecule has 0 aromatic carbocycles. The molecule has 1 heterocycles. The summed E-state index contributed by atoms with van der Waals surface area (Å²) in [6, 6.07) is 3.75. The number of hydrogen-bond acceptors (Lipinski definition) is 4. The molecule has 0 aliphatic heterocycles. The second-order valence-corrected chi connectivity index (χ2v) is 7.77. The van der Waals surface area contributed by atoms with Gasteiger partial charge in [-0.05, 0) is 16.9 Å². The first-order valence-electron chi connectivity index (χ1n) is 7.58. The molecule has 0 aliphatic rings. The molecule has 0 bridgehead atoms. The maximum atomic E-state index is 5.68. The van der Waals surface area contributed by atoms with Crippen LogP contribution < -0.4 is 14.8 Å². The lowest BCUT2D eigenvalue weighted by molar-refractivity contribution is 0.196. The molecule has 1 N–H and O–H groups in total. The predicted octanol–water partition coefficient (Wildman–Crippen LogP) is 3.52. The highest BCUT2D eigenvalue weighted by Gasteiger charge is 2.11. The number of rotatable bonds is 7. The summed E-state index contributed by atoms with van der Waals surface area (Å²) in [7, 11) is 0. The minimum Gasteiger partial charge on any atom is -0.491 e. The van der Waals surface area contributed by atoms with Crippen LogP contribution in [0.1, 0.15) is 41.5 Å². The summed E-state index contributed by atoms with van der Waals surface area (Å²) in [6.07, 6.45) is 1.71. The zero-order chi connectivity index (χ0) is 15.9. The van der Waals surface area contributed by atoms with Crippen molar-refractivity contribution < 1.29 is 9.47 Å². The van der Waals surface area contributed by atoms with Crippen molar-refractivity contribution >= 4 is 0 Å². The Labute approximate surface area is 129 Å². The molecule has 0 fully saturated rings. The third-order valence-corrected chi connectivity index (χ3v) is 2.57. The van der Waals surface area contributed by atoms with Gasteiger partial charge in [0, 0.05) is 19.2 Å². The Kier molecular flexibility index (Phi) is 6.46. The second-order valence-electron chi connectivity index (χ2n) is 7.77. The molecule has 0 spiro atoms. The summed E-state index contributed by atoms with van der Waals surface area (Å²) in [5, 5.41) is 3.37. The van der Waals surface area contributed by atoms with Crippen LogP contribution in [0.5, 0.6) is 11.6 Å². The van der Waals surface area contributed by atoms with Gasteiger partial charge in [0.05, 0.1) is 12.8 Å². The van der Waals surface area contributed by atoms with Crippen LogP contribution in [0, 0.1) is 10.8 Å². The average Bonchev–Trinajstić information content (AvgIpc) is 2.35. The maximum Gasteiger partial charge on any atom is 0.213 e. The van der Waals surface area contributed by atoms with Crippen molar-refractivity contribution in [2.75, 3.05) is 26.3 Å². The fraction of sp³-hybridized carbons (Fsp3) is 0.706. The lowest BCUT2D eigenvalue weighted by atomic mass is 9.97. The summed E-state index contributed by atoms with van der Waals surface area (Å²) in [4.78, 5) is 4.25. The van der Waals surface area contributed by atoms with E-state index in [1.54, 1.807) is 6.20 Å². The van der Waals surface area contributed by atoms with Crippen LogP contribution in [0.2, 0.25) is 0 Å². The van der Waals surface area contributed by atoms with E-state index < -0.39 is 0 Å². The molecule has 0 amide bonds. The Bertz CT molecular complexity index is 402. The van der Waals surface area contributed by atoms with Crippen LogP contribution >= 0.6 is 0 Å². The molecule has 0 saturated heterocycles. The lowest BCUT2D eigenvalue weighted by Gasteiger charge is -2.19. The number of aromatic nitrogens is 1. The van der Waals surface area contributed by atoms with Crippen molar-refractivity contribution in [1.82, 2.24) is 10.3 Å². The van der Waals surface area contributed by atoms with Gasteiger partial charge in [-0.15, -0.1) is 0 Å². The van der Waals surface area contributed by atoms with Gasteiger partial charge in [-0.2, -0.15) is 0 Å². The first-order chi connectivity index (χ1) is 9.66. The highest BCUT2D eigenvalue weighted by Crippen LogP contribution is 2.18. The number of nitrogens with zero attached hydrogens (tertiary/aromatic N) is 1. The molecule has 1 aromatic heterocycles. The highest BCUT2D eigenvalue weighted by molar-refractivity contribution is 5.22. The van der Waals surface area contributed by atoms with Crippen molar-refractivity contribution in [2.45, 2.75) is 41.5 Å². The van der Waals surface area contributed by atoms with Crippen molar-refractivity contribution in [1.29, 1.82) is 0 Å². The van der Waals surface area contributed by atoms with Gasteiger partial charge >= 0.3 is 0 Å². The molecule has 0 radical (unpaired) electrons. The molecule has 0 aliphatic carbocycles. The molecule has 0 unspecified atom stereocenters. The van der Waals surface area contributed by atoms with Crippen LogP contribution in [0.4, 0.5) is 0 Å². The van der Waals surface area contributed by atoms with E-state index in [0.717, 1.165) is 18.8 Å². The number of pyridine rings is 1. The van der Waals surface area contributed by atoms with E-state index in [1.807, 2.05) is 12.1 Å². The zero-order valence-corrected chi connectivity index (χ0v) is 14.3. The van der Waals surface area contributed by atoms with Crippen LogP contribution in [0.15, 0.2) is 18.3 Å². The first-order valence-corrected chi connectivity index (χ1v) is 7.58. The van der Waals surface area contributed by atoms with E-state index in [9.17, 15) is 0 Å². The van der Waals surface area contributed by atoms with Gasteiger partial charge < -0.3 is 14.8 Å². The average molecular weight is 294 g/mol. The largest absolute Gasteiger partial charge is 0.491 e. The third kappa shape index (κ3) is 9.29. The van der Waals surface area contributed by atoms with Crippen molar-refractivity contribution in [2.24, 2.45) is 10.8 Å². The second kappa shape index (κ2) is 7.64. The summed E-state index contributed by atoms with van der Waals surface area (Å²) < 4.78 is 11.3. The molecule has 4 nitrogen and oxygen atoms in total. The standard InChI is InChI=1S/C17H30N2O2/c1-16(2,3)12-18-9-10-20-15-8-7-14(11-19-15)21-13-17(4,5)6/h7-8,11,18H,9-10,12-13H2,1-6H3. The number of hydrogen-bond donors (Lipinski definition) is 1. The molecule has 0 atom stereocenters. The Balaban J connectivity index is 2.25. The van der Waals surface area contributed by atoms with Crippen molar-refractivity contribution in [3.63, 3.8) is 0 Å². The summed E-state index contributed by atoms with van der Waals surface area (Å²) in [6.45, 7) is 16.1. The highest BCUT2D eigenvalue weighted by atomic mass is 16.5. The molecular formula is C17H30N2O2. The molecule has 0 saturated carbocycles. The quantitative estimate of drug-likeness (QED) is 0.781. The van der Waals surface area contributed by atoms with Gasteiger partial charge in [0.2, 0.25) is 5.88 Å². The van der Waals surface area contributed by atoms with E-state index >= 15 is 0 Å². The van der Waals surface area contributed by atoms with Crippen LogP contribution in [0.3, 0.4) is 0 Å². The Morgan fingerprint density at radius 1 is 1.00 bits per heavy atom. The molecule has 120 valence electrons. The normalized spacial score (nSPS) is 12.3. The van der Waals surface area contributed by atoms with Gasteiger partial charge in [0.1, 0.15) is 12.4 Å². The SMILES string of the molecule is CC(C)(C)CNCCOc1ccc(OCC(C)(C)C)cn1. The van der Waals surface area contributed by atoms with Gasteiger partial charge in [-0.3, -0.25) is 0 Å². The Morgan fingerprint density at radius 2 is 1.71 bits per heavy atom. The van der Waals surface area contributed by atoms with Gasteiger partial charge in [-0.25, -0.2) is 4.98 Å². The summed E-state index contributed by atoms with van der Waals surface area (Å²) in [5.41, 5.74) is 0.443. The zero-order valence-electron chi connectivity index (χ0n) is 14.3. The fourth-order valence-electron chi connectivity index (χ4n) is 1.53. The smallest absolute Gasteiger partial charge is 0.213 e.